The minimum absolute atomic E-state index is 0.227. The summed E-state index contributed by atoms with van der Waals surface area (Å²) in [6, 6.07) is 0. The molecule has 3 saturated heterocycles. The normalized spacial score (nSPS) is 43.2. The molecular formula is C15H24O7. The van der Waals surface area contributed by atoms with Gasteiger partial charge in [0.05, 0.1) is 5.60 Å². The molecule has 1 N–H and O–H groups in total. The lowest BCUT2D eigenvalue weighted by atomic mass is 9.80. The lowest BCUT2D eigenvalue weighted by Crippen LogP contribution is -2.58. The molecule has 126 valence electrons. The molecule has 0 aliphatic carbocycles. The van der Waals surface area contributed by atoms with Crippen LogP contribution < -0.4 is 0 Å². The SMILES string of the molecule is CC1(C)O[C@@H]2C[C@@]3(C(C)(C)O)OC(C)(C)O[C@H]3OC(=O)[C@@H]2O1. The number of ether oxygens (including phenoxy) is 5. The molecule has 3 aliphatic rings. The molecule has 0 spiro atoms. The quantitative estimate of drug-likeness (QED) is 0.724. The summed E-state index contributed by atoms with van der Waals surface area (Å²) in [6.07, 6.45) is -2.22. The van der Waals surface area contributed by atoms with E-state index in [1.54, 1.807) is 41.5 Å². The highest BCUT2D eigenvalue weighted by Gasteiger charge is 2.67. The zero-order chi connectivity index (χ0) is 16.6. The highest BCUT2D eigenvalue weighted by atomic mass is 16.9. The third kappa shape index (κ3) is 2.35. The molecule has 0 amide bonds. The summed E-state index contributed by atoms with van der Waals surface area (Å²) in [5.74, 6) is -2.43. The van der Waals surface area contributed by atoms with Crippen LogP contribution in [0.1, 0.15) is 48.0 Å². The first-order valence-electron chi connectivity index (χ1n) is 7.52. The Balaban J connectivity index is 2.02. The van der Waals surface area contributed by atoms with Crippen molar-refractivity contribution in [2.45, 2.75) is 89.2 Å². The Labute approximate surface area is 129 Å². The summed E-state index contributed by atoms with van der Waals surface area (Å²) in [5, 5.41) is 10.7. The van der Waals surface area contributed by atoms with Crippen LogP contribution in [0.15, 0.2) is 0 Å². The number of hydrogen-bond acceptors (Lipinski definition) is 7. The van der Waals surface area contributed by atoms with Crippen molar-refractivity contribution in [1.29, 1.82) is 0 Å². The Morgan fingerprint density at radius 1 is 1.09 bits per heavy atom. The second-order valence-corrected chi connectivity index (χ2v) is 7.64. The first kappa shape index (κ1) is 16.1. The van der Waals surface area contributed by atoms with Gasteiger partial charge in [0, 0.05) is 6.42 Å². The number of carbonyl (C=O) groups is 1. The van der Waals surface area contributed by atoms with Crippen molar-refractivity contribution < 1.29 is 33.6 Å². The molecular weight excluding hydrogens is 292 g/mol. The fourth-order valence-corrected chi connectivity index (χ4v) is 3.44. The second-order valence-electron chi connectivity index (χ2n) is 7.64. The van der Waals surface area contributed by atoms with Crippen molar-refractivity contribution in [3.63, 3.8) is 0 Å². The van der Waals surface area contributed by atoms with Crippen LogP contribution in [0.2, 0.25) is 0 Å². The maximum Gasteiger partial charge on any atom is 0.340 e. The van der Waals surface area contributed by atoms with E-state index in [0.29, 0.717) is 0 Å². The van der Waals surface area contributed by atoms with Gasteiger partial charge in [0.1, 0.15) is 6.10 Å². The molecule has 22 heavy (non-hydrogen) atoms. The summed E-state index contributed by atoms with van der Waals surface area (Å²) >= 11 is 0. The predicted octanol–water partition coefficient (Wildman–Crippen LogP) is 1.07. The Bertz CT molecular complexity index is 493. The van der Waals surface area contributed by atoms with Crippen LogP contribution in [0.3, 0.4) is 0 Å². The fourth-order valence-electron chi connectivity index (χ4n) is 3.44. The van der Waals surface area contributed by atoms with Crippen molar-refractivity contribution in [2.75, 3.05) is 0 Å². The standard InChI is InChI=1S/C15H24O7/c1-12(2,17)15-7-8-9(20-13(3,4)19-8)10(16)18-11(15)21-14(5,6)22-15/h8-9,11,17H,7H2,1-6H3/t8-,9-,11-,15-/m1/s1. The van der Waals surface area contributed by atoms with E-state index in [2.05, 4.69) is 0 Å². The van der Waals surface area contributed by atoms with E-state index < -0.39 is 47.2 Å². The zero-order valence-electron chi connectivity index (χ0n) is 13.8. The van der Waals surface area contributed by atoms with Crippen molar-refractivity contribution in [1.82, 2.24) is 0 Å². The van der Waals surface area contributed by atoms with E-state index in [1.165, 1.54) is 0 Å². The van der Waals surface area contributed by atoms with Crippen LogP contribution >= 0.6 is 0 Å². The van der Waals surface area contributed by atoms with Crippen LogP contribution in [-0.4, -0.2) is 52.4 Å². The number of hydrogen-bond donors (Lipinski definition) is 1. The van der Waals surface area contributed by atoms with Gasteiger partial charge in [-0.3, -0.25) is 0 Å². The molecule has 0 aromatic rings. The first-order chi connectivity index (χ1) is 9.85. The lowest BCUT2D eigenvalue weighted by molar-refractivity contribution is -0.229. The van der Waals surface area contributed by atoms with Gasteiger partial charge in [0.25, 0.3) is 0 Å². The highest BCUT2D eigenvalue weighted by Crippen LogP contribution is 2.50. The minimum Gasteiger partial charge on any atom is -0.430 e. The van der Waals surface area contributed by atoms with E-state index in [9.17, 15) is 9.90 Å². The smallest absolute Gasteiger partial charge is 0.340 e. The van der Waals surface area contributed by atoms with E-state index in [0.717, 1.165) is 0 Å². The maximum absolute atomic E-state index is 12.4. The first-order valence-corrected chi connectivity index (χ1v) is 7.52. The Morgan fingerprint density at radius 2 is 1.73 bits per heavy atom. The van der Waals surface area contributed by atoms with E-state index in [1.807, 2.05) is 0 Å². The van der Waals surface area contributed by atoms with Crippen molar-refractivity contribution in [3.8, 4) is 0 Å². The Hall–Kier alpha value is -0.730. The number of aliphatic hydroxyl groups is 1. The maximum atomic E-state index is 12.4. The van der Waals surface area contributed by atoms with Gasteiger partial charge in [-0.25, -0.2) is 4.79 Å². The summed E-state index contributed by atoms with van der Waals surface area (Å²) in [5.41, 5.74) is -2.54. The Kier molecular flexibility index (Phi) is 3.24. The minimum atomic E-state index is -1.31. The predicted molar refractivity (Wildman–Crippen MR) is 73.6 cm³/mol. The summed E-state index contributed by atoms with van der Waals surface area (Å²) in [6.45, 7) is 10.1. The molecule has 0 aromatic heterocycles. The average Bonchev–Trinajstić information content (AvgIpc) is 2.69. The van der Waals surface area contributed by atoms with Crippen LogP contribution in [-0.2, 0) is 28.5 Å². The summed E-state index contributed by atoms with van der Waals surface area (Å²) < 4.78 is 28.7. The molecule has 3 heterocycles. The molecule has 0 bridgehead atoms. The summed E-state index contributed by atoms with van der Waals surface area (Å²) in [4.78, 5) is 12.4. The highest BCUT2D eigenvalue weighted by molar-refractivity contribution is 5.76. The molecule has 0 aromatic carbocycles. The molecule has 3 aliphatic heterocycles. The van der Waals surface area contributed by atoms with Crippen LogP contribution in [0, 0.1) is 0 Å². The van der Waals surface area contributed by atoms with E-state index in [4.69, 9.17) is 23.7 Å². The van der Waals surface area contributed by atoms with Gasteiger partial charge in [-0.05, 0) is 41.5 Å². The molecule has 7 nitrogen and oxygen atoms in total. The molecule has 3 fully saturated rings. The fraction of sp³-hybridized carbons (Fsp3) is 0.933. The van der Waals surface area contributed by atoms with Gasteiger partial charge in [0.2, 0.25) is 6.29 Å². The topological polar surface area (TPSA) is 83.5 Å². The second kappa shape index (κ2) is 4.42. The third-order valence-electron chi connectivity index (χ3n) is 4.38. The van der Waals surface area contributed by atoms with E-state index in [-0.39, 0.29) is 6.42 Å². The molecule has 4 atom stereocenters. The number of fused-ring (bicyclic) bond motifs is 2. The molecule has 0 radical (unpaired) electrons. The zero-order valence-corrected chi connectivity index (χ0v) is 13.8. The molecule has 7 heteroatoms. The molecule has 0 unspecified atom stereocenters. The summed E-state index contributed by atoms with van der Waals surface area (Å²) in [7, 11) is 0. The monoisotopic (exact) mass is 316 g/mol. The van der Waals surface area contributed by atoms with Crippen LogP contribution in [0.5, 0.6) is 0 Å². The number of rotatable bonds is 1. The van der Waals surface area contributed by atoms with Gasteiger partial charge in [-0.1, -0.05) is 0 Å². The number of carbonyl (C=O) groups excluding carboxylic acids is 1. The molecule has 0 saturated carbocycles. The van der Waals surface area contributed by atoms with E-state index >= 15 is 0 Å². The Morgan fingerprint density at radius 3 is 2.32 bits per heavy atom. The van der Waals surface area contributed by atoms with Gasteiger partial charge < -0.3 is 28.8 Å². The van der Waals surface area contributed by atoms with Gasteiger partial charge in [-0.2, -0.15) is 0 Å². The van der Waals surface area contributed by atoms with Gasteiger partial charge in [-0.15, -0.1) is 0 Å². The van der Waals surface area contributed by atoms with Crippen LogP contribution in [0.25, 0.3) is 0 Å². The van der Waals surface area contributed by atoms with Crippen LogP contribution in [0.4, 0.5) is 0 Å². The average molecular weight is 316 g/mol. The molecule has 3 rings (SSSR count). The largest absolute Gasteiger partial charge is 0.430 e. The van der Waals surface area contributed by atoms with Crippen molar-refractivity contribution in [3.05, 3.63) is 0 Å². The van der Waals surface area contributed by atoms with Crippen molar-refractivity contribution >= 4 is 5.97 Å². The third-order valence-corrected chi connectivity index (χ3v) is 4.38. The lowest BCUT2D eigenvalue weighted by Gasteiger charge is -2.41. The number of esters is 1. The van der Waals surface area contributed by atoms with Gasteiger partial charge in [0.15, 0.2) is 23.3 Å². The van der Waals surface area contributed by atoms with Crippen molar-refractivity contribution in [2.24, 2.45) is 0 Å². The van der Waals surface area contributed by atoms with Gasteiger partial charge >= 0.3 is 5.97 Å².